The highest BCUT2D eigenvalue weighted by atomic mass is 35.5. The third-order valence-electron chi connectivity index (χ3n) is 5.78. The van der Waals surface area contributed by atoms with Crippen molar-refractivity contribution in [2.45, 2.75) is 6.04 Å². The summed E-state index contributed by atoms with van der Waals surface area (Å²) >= 11 is 6.15. The van der Waals surface area contributed by atoms with Crippen molar-refractivity contribution in [1.29, 1.82) is 0 Å². The standard InChI is InChI=1S/C26H19ClN2O6/c1-33-18-7-3-6-17(12-18)29-22(14-5-4-8-28-13-14)21(24(31)26(29)32)23(30)19-10-15-9-16(27)11-20(34-2)25(15)35-19/h3-13,22,31H,1-2H3. The summed E-state index contributed by atoms with van der Waals surface area (Å²) in [5.74, 6) is -1.25. The van der Waals surface area contributed by atoms with E-state index < -0.39 is 23.5 Å². The Labute approximate surface area is 205 Å². The first-order chi connectivity index (χ1) is 16.9. The first-order valence-corrected chi connectivity index (χ1v) is 10.9. The Bertz CT molecular complexity index is 1490. The molecular weight excluding hydrogens is 472 g/mol. The number of hydrogen-bond acceptors (Lipinski definition) is 7. The van der Waals surface area contributed by atoms with Crippen LogP contribution in [-0.2, 0) is 4.79 Å². The van der Waals surface area contributed by atoms with E-state index in [0.717, 1.165) is 0 Å². The maximum Gasteiger partial charge on any atom is 0.294 e. The van der Waals surface area contributed by atoms with E-state index in [1.165, 1.54) is 25.2 Å². The van der Waals surface area contributed by atoms with E-state index in [4.69, 9.17) is 25.5 Å². The molecule has 1 atom stereocenters. The van der Waals surface area contributed by atoms with E-state index in [0.29, 0.717) is 38.7 Å². The molecule has 8 nitrogen and oxygen atoms in total. The SMILES string of the molecule is COc1cccc(N2C(=O)C(O)=C(C(=O)c3cc4cc(Cl)cc(OC)c4o3)C2c2cccnc2)c1. The smallest absolute Gasteiger partial charge is 0.294 e. The molecule has 35 heavy (non-hydrogen) atoms. The van der Waals surface area contributed by atoms with Gasteiger partial charge in [0, 0.05) is 40.6 Å². The summed E-state index contributed by atoms with van der Waals surface area (Å²) in [5, 5.41) is 11.9. The van der Waals surface area contributed by atoms with Gasteiger partial charge in [0.25, 0.3) is 5.91 Å². The molecule has 0 bridgehead atoms. The van der Waals surface area contributed by atoms with Crippen molar-refractivity contribution in [2.24, 2.45) is 0 Å². The Hall–Kier alpha value is -4.30. The number of carbonyl (C=O) groups excluding carboxylic acids is 2. The van der Waals surface area contributed by atoms with Crippen LogP contribution in [0.3, 0.4) is 0 Å². The van der Waals surface area contributed by atoms with Gasteiger partial charge in [-0.15, -0.1) is 0 Å². The average Bonchev–Trinajstić information content (AvgIpc) is 3.42. The molecule has 9 heteroatoms. The number of Topliss-reactive ketones (excluding diaryl/α,β-unsaturated/α-hetero) is 1. The number of aromatic nitrogens is 1. The fraction of sp³-hybridized carbons (Fsp3) is 0.115. The van der Waals surface area contributed by atoms with E-state index in [-0.39, 0.29) is 11.3 Å². The molecule has 1 aliphatic heterocycles. The number of anilines is 1. The second kappa shape index (κ2) is 8.81. The van der Waals surface area contributed by atoms with E-state index >= 15 is 0 Å². The van der Waals surface area contributed by atoms with Crippen LogP contribution in [-0.4, -0.2) is 36.0 Å². The van der Waals surface area contributed by atoms with Crippen molar-refractivity contribution in [3.8, 4) is 11.5 Å². The van der Waals surface area contributed by atoms with Crippen LogP contribution < -0.4 is 14.4 Å². The molecule has 0 saturated carbocycles. The maximum atomic E-state index is 13.7. The number of amides is 1. The Morgan fingerprint density at radius 1 is 1.11 bits per heavy atom. The number of aliphatic hydroxyl groups is 1. The molecule has 2 aromatic heterocycles. The minimum atomic E-state index is -0.950. The van der Waals surface area contributed by atoms with Gasteiger partial charge in [0.15, 0.2) is 22.9 Å². The van der Waals surface area contributed by atoms with Crippen LogP contribution in [0.15, 0.2) is 82.7 Å². The normalized spacial score (nSPS) is 15.7. The summed E-state index contributed by atoms with van der Waals surface area (Å²) in [4.78, 5) is 32.5. The molecule has 176 valence electrons. The molecular formula is C26H19ClN2O6. The van der Waals surface area contributed by atoms with Gasteiger partial charge < -0.3 is 19.0 Å². The van der Waals surface area contributed by atoms with E-state index in [1.54, 1.807) is 60.9 Å². The van der Waals surface area contributed by atoms with Gasteiger partial charge in [-0.05, 0) is 35.9 Å². The van der Waals surface area contributed by atoms with Crippen molar-refractivity contribution >= 4 is 39.9 Å². The third-order valence-corrected chi connectivity index (χ3v) is 5.99. The van der Waals surface area contributed by atoms with Crippen LogP contribution >= 0.6 is 11.6 Å². The number of methoxy groups -OCH3 is 2. The minimum absolute atomic E-state index is 0.0729. The van der Waals surface area contributed by atoms with Gasteiger partial charge in [-0.3, -0.25) is 19.5 Å². The Balaban J connectivity index is 1.66. The minimum Gasteiger partial charge on any atom is -0.503 e. The first kappa shape index (κ1) is 22.5. The number of hydrogen-bond donors (Lipinski definition) is 1. The summed E-state index contributed by atoms with van der Waals surface area (Å²) < 4.78 is 16.4. The lowest BCUT2D eigenvalue weighted by atomic mass is 9.96. The molecule has 0 radical (unpaired) electrons. The molecule has 0 spiro atoms. The second-order valence-corrected chi connectivity index (χ2v) is 8.23. The summed E-state index contributed by atoms with van der Waals surface area (Å²) in [6.07, 6.45) is 3.12. The predicted octanol–water partition coefficient (Wildman–Crippen LogP) is 5.28. The van der Waals surface area contributed by atoms with Gasteiger partial charge in [-0.1, -0.05) is 23.7 Å². The Morgan fingerprint density at radius 2 is 1.94 bits per heavy atom. The number of aliphatic hydroxyl groups excluding tert-OH is 1. The van der Waals surface area contributed by atoms with Gasteiger partial charge in [-0.2, -0.15) is 0 Å². The third kappa shape index (κ3) is 3.77. The van der Waals surface area contributed by atoms with Crippen molar-refractivity contribution in [2.75, 3.05) is 19.1 Å². The van der Waals surface area contributed by atoms with Crippen LogP contribution in [0.25, 0.3) is 11.0 Å². The van der Waals surface area contributed by atoms with Crippen LogP contribution in [0.5, 0.6) is 11.5 Å². The molecule has 1 unspecified atom stereocenters. The van der Waals surface area contributed by atoms with Crippen molar-refractivity contribution < 1.29 is 28.6 Å². The maximum absolute atomic E-state index is 13.7. The molecule has 0 fully saturated rings. The highest BCUT2D eigenvalue weighted by Gasteiger charge is 2.45. The number of ketones is 1. The molecule has 2 aromatic carbocycles. The quantitative estimate of drug-likeness (QED) is 0.367. The zero-order valence-corrected chi connectivity index (χ0v) is 19.4. The molecule has 3 heterocycles. The monoisotopic (exact) mass is 490 g/mol. The van der Waals surface area contributed by atoms with Crippen LogP contribution in [0.2, 0.25) is 5.02 Å². The van der Waals surface area contributed by atoms with E-state index in [1.807, 2.05) is 0 Å². The predicted molar refractivity (Wildman–Crippen MR) is 129 cm³/mol. The van der Waals surface area contributed by atoms with E-state index in [2.05, 4.69) is 4.98 Å². The van der Waals surface area contributed by atoms with Crippen molar-refractivity contribution in [3.05, 3.63) is 94.7 Å². The van der Waals surface area contributed by atoms with Crippen LogP contribution in [0.4, 0.5) is 5.69 Å². The Morgan fingerprint density at radius 3 is 2.66 bits per heavy atom. The highest BCUT2D eigenvalue weighted by Crippen LogP contribution is 2.43. The second-order valence-electron chi connectivity index (χ2n) is 7.79. The number of pyridine rings is 1. The number of carbonyl (C=O) groups is 2. The fourth-order valence-electron chi connectivity index (χ4n) is 4.20. The first-order valence-electron chi connectivity index (χ1n) is 10.6. The number of benzene rings is 2. The van der Waals surface area contributed by atoms with Crippen molar-refractivity contribution in [3.63, 3.8) is 0 Å². The molecule has 5 rings (SSSR count). The van der Waals surface area contributed by atoms with Gasteiger partial charge in [-0.25, -0.2) is 0 Å². The summed E-state index contributed by atoms with van der Waals surface area (Å²) in [5.41, 5.74) is 1.17. The van der Waals surface area contributed by atoms with Gasteiger partial charge in [0.1, 0.15) is 5.75 Å². The summed E-state index contributed by atoms with van der Waals surface area (Å²) in [6, 6.07) is 14.0. The molecule has 1 amide bonds. The average molecular weight is 491 g/mol. The number of halogens is 1. The number of nitrogens with zero attached hydrogens (tertiary/aromatic N) is 2. The zero-order chi connectivity index (χ0) is 24.7. The highest BCUT2D eigenvalue weighted by molar-refractivity contribution is 6.31. The lowest BCUT2D eigenvalue weighted by Gasteiger charge is -2.26. The lowest BCUT2D eigenvalue weighted by Crippen LogP contribution is -2.31. The van der Waals surface area contributed by atoms with Crippen LogP contribution in [0.1, 0.15) is 22.2 Å². The largest absolute Gasteiger partial charge is 0.503 e. The molecule has 1 aliphatic rings. The number of fused-ring (bicyclic) bond motifs is 1. The van der Waals surface area contributed by atoms with Gasteiger partial charge in [0.2, 0.25) is 5.78 Å². The number of ether oxygens (including phenoxy) is 2. The molecule has 0 aliphatic carbocycles. The van der Waals surface area contributed by atoms with Crippen molar-refractivity contribution in [1.82, 2.24) is 4.98 Å². The van der Waals surface area contributed by atoms with Gasteiger partial charge in [0.05, 0.1) is 25.8 Å². The van der Waals surface area contributed by atoms with Gasteiger partial charge >= 0.3 is 0 Å². The molecule has 4 aromatic rings. The topological polar surface area (TPSA) is 102 Å². The van der Waals surface area contributed by atoms with E-state index in [9.17, 15) is 14.7 Å². The lowest BCUT2D eigenvalue weighted by molar-refractivity contribution is -0.117. The number of rotatable bonds is 6. The summed E-state index contributed by atoms with van der Waals surface area (Å²) in [6.45, 7) is 0. The Kier molecular flexibility index (Phi) is 5.66. The zero-order valence-electron chi connectivity index (χ0n) is 18.7. The molecule has 1 N–H and O–H groups in total. The molecule has 0 saturated heterocycles. The summed E-state index contributed by atoms with van der Waals surface area (Å²) in [7, 11) is 2.97. The fourth-order valence-corrected chi connectivity index (χ4v) is 4.42. The van der Waals surface area contributed by atoms with Crippen LogP contribution in [0, 0.1) is 0 Å². The number of furan rings is 1.